The Morgan fingerprint density at radius 2 is 1.15 bits per heavy atom. The Bertz CT molecular complexity index is 1870. The molecule has 0 N–H and O–H groups in total. The first-order valence-corrected chi connectivity index (χ1v) is 14.4. The number of benzene rings is 5. The van der Waals surface area contributed by atoms with Crippen LogP contribution in [0.15, 0.2) is 121 Å². The van der Waals surface area contributed by atoms with Crippen molar-refractivity contribution < 1.29 is 4.68 Å². The molecule has 0 bridgehead atoms. The smallest absolute Gasteiger partial charge is 0.120 e. The van der Waals surface area contributed by atoms with Gasteiger partial charge in [0.2, 0.25) is 0 Å². The van der Waals surface area contributed by atoms with Crippen LogP contribution in [-0.2, 0) is 12.5 Å². The van der Waals surface area contributed by atoms with E-state index in [4.69, 9.17) is 0 Å². The molecule has 0 unspecified atom stereocenters. The second-order valence-corrected chi connectivity index (χ2v) is 11.6. The molecule has 41 heavy (non-hydrogen) atoms. The van der Waals surface area contributed by atoms with E-state index in [-0.39, 0.29) is 5.41 Å². The summed E-state index contributed by atoms with van der Waals surface area (Å²) in [7, 11) is 2.13. The lowest BCUT2D eigenvalue weighted by Gasteiger charge is -2.34. The lowest BCUT2D eigenvalue weighted by Crippen LogP contribution is -2.38. The van der Waals surface area contributed by atoms with Crippen LogP contribution in [0, 0.1) is 27.7 Å². The standard InChI is InChI=1S/C39H35N2/c1-26-23-28(3)38(29(4)24-26)37-21-22-40(5)41(37)36-20-19-31(25-27(36)2)39(30-13-7-6-8-14-30)34-17-11-9-15-32(34)33-16-10-12-18-35(33)39/h6-25H,1-5H3/q+1. The van der Waals surface area contributed by atoms with E-state index in [1.807, 2.05) is 0 Å². The van der Waals surface area contributed by atoms with Gasteiger partial charge in [0.15, 0.2) is 13.2 Å². The van der Waals surface area contributed by atoms with E-state index in [0.29, 0.717) is 0 Å². The van der Waals surface area contributed by atoms with Crippen LogP contribution in [0.1, 0.15) is 44.5 Å². The minimum absolute atomic E-state index is 0.385. The van der Waals surface area contributed by atoms with Crippen LogP contribution in [0.4, 0.5) is 0 Å². The average molecular weight is 532 g/mol. The highest BCUT2D eigenvalue weighted by atomic mass is 15.4. The Hall–Kier alpha value is -4.69. The summed E-state index contributed by atoms with van der Waals surface area (Å²) in [4.78, 5) is 0. The SMILES string of the molecule is Cc1cc(C)c(-c2cc[n+](C)n2-c2ccc(C3(c4ccccc4)c4ccccc4-c4ccccc43)cc2C)c(C)c1. The highest BCUT2D eigenvalue weighted by Gasteiger charge is 2.46. The molecule has 2 nitrogen and oxygen atoms in total. The first kappa shape index (κ1) is 25.3. The normalized spacial score (nSPS) is 13.2. The van der Waals surface area contributed by atoms with Gasteiger partial charge in [0.05, 0.1) is 5.41 Å². The molecule has 0 atom stereocenters. The van der Waals surface area contributed by atoms with Crippen molar-refractivity contribution in [2.45, 2.75) is 33.1 Å². The topological polar surface area (TPSA) is 8.81 Å². The predicted octanol–water partition coefficient (Wildman–Crippen LogP) is 8.57. The predicted molar refractivity (Wildman–Crippen MR) is 169 cm³/mol. The van der Waals surface area contributed by atoms with Crippen LogP contribution in [0.5, 0.6) is 0 Å². The number of rotatable bonds is 4. The van der Waals surface area contributed by atoms with Crippen molar-refractivity contribution in [1.82, 2.24) is 4.68 Å². The molecule has 1 aliphatic rings. The molecular weight excluding hydrogens is 496 g/mol. The highest BCUT2D eigenvalue weighted by molar-refractivity contribution is 5.86. The molecule has 7 rings (SSSR count). The molecule has 200 valence electrons. The van der Waals surface area contributed by atoms with E-state index in [2.05, 4.69) is 166 Å². The average Bonchev–Trinajstić information content (AvgIpc) is 3.49. The van der Waals surface area contributed by atoms with E-state index in [1.54, 1.807) is 0 Å². The van der Waals surface area contributed by atoms with E-state index < -0.39 is 0 Å². The lowest BCUT2D eigenvalue weighted by molar-refractivity contribution is -0.743. The zero-order valence-corrected chi connectivity index (χ0v) is 24.4. The summed E-state index contributed by atoms with van der Waals surface area (Å²) in [6.07, 6.45) is 2.16. The van der Waals surface area contributed by atoms with E-state index in [0.717, 1.165) is 0 Å². The van der Waals surface area contributed by atoms with Gasteiger partial charge in [0.1, 0.15) is 11.4 Å². The quantitative estimate of drug-likeness (QED) is 0.201. The first-order chi connectivity index (χ1) is 19.9. The van der Waals surface area contributed by atoms with Gasteiger partial charge in [-0.2, -0.15) is 0 Å². The maximum Gasteiger partial charge on any atom is 0.196 e. The molecule has 0 fully saturated rings. The number of nitrogens with zero attached hydrogens (tertiary/aromatic N) is 2. The maximum atomic E-state index is 2.42. The molecule has 0 spiro atoms. The third kappa shape index (κ3) is 3.67. The molecule has 0 amide bonds. The van der Waals surface area contributed by atoms with Gasteiger partial charge in [-0.3, -0.25) is 0 Å². The Morgan fingerprint density at radius 1 is 0.561 bits per heavy atom. The fourth-order valence-electron chi connectivity index (χ4n) is 7.40. The van der Waals surface area contributed by atoms with Gasteiger partial charge in [0, 0.05) is 11.6 Å². The molecule has 0 saturated carbocycles. The van der Waals surface area contributed by atoms with E-state index in [9.17, 15) is 0 Å². The molecule has 6 aromatic rings. The monoisotopic (exact) mass is 531 g/mol. The molecule has 1 aliphatic carbocycles. The fraction of sp³-hybridized carbons (Fsp3) is 0.154. The van der Waals surface area contributed by atoms with Gasteiger partial charge >= 0.3 is 0 Å². The van der Waals surface area contributed by atoms with Crippen molar-refractivity contribution in [1.29, 1.82) is 0 Å². The molecule has 0 aliphatic heterocycles. The highest BCUT2D eigenvalue weighted by Crippen LogP contribution is 2.56. The second-order valence-electron chi connectivity index (χ2n) is 11.6. The van der Waals surface area contributed by atoms with Gasteiger partial charge in [0.25, 0.3) is 0 Å². The molecule has 0 radical (unpaired) electrons. The fourth-order valence-corrected chi connectivity index (χ4v) is 7.40. The van der Waals surface area contributed by atoms with Crippen molar-refractivity contribution in [2.24, 2.45) is 7.05 Å². The third-order valence-electron chi connectivity index (χ3n) is 8.94. The largest absolute Gasteiger partial charge is 0.196 e. The van der Waals surface area contributed by atoms with Crippen molar-refractivity contribution in [3.05, 3.63) is 166 Å². The molecule has 0 saturated heterocycles. The summed E-state index contributed by atoms with van der Waals surface area (Å²) >= 11 is 0. The Kier molecular flexibility index (Phi) is 5.83. The van der Waals surface area contributed by atoms with E-state index in [1.165, 1.54) is 72.6 Å². The summed E-state index contributed by atoms with van der Waals surface area (Å²) in [5.41, 5.74) is 16.4. The summed E-state index contributed by atoms with van der Waals surface area (Å²) in [5.74, 6) is 0. The minimum atomic E-state index is -0.385. The molecular formula is C39H35N2+. The number of hydrogen-bond donors (Lipinski definition) is 0. The molecule has 2 heteroatoms. The van der Waals surface area contributed by atoms with Crippen molar-refractivity contribution in [3.8, 4) is 28.1 Å². The van der Waals surface area contributed by atoms with Gasteiger partial charge in [-0.1, -0.05) is 109 Å². The summed E-state index contributed by atoms with van der Waals surface area (Å²) in [5, 5.41) is 0. The van der Waals surface area contributed by atoms with Crippen LogP contribution >= 0.6 is 0 Å². The number of hydrogen-bond acceptors (Lipinski definition) is 0. The van der Waals surface area contributed by atoms with Crippen LogP contribution in [0.25, 0.3) is 28.1 Å². The molecule has 1 heterocycles. The van der Waals surface area contributed by atoms with Crippen LogP contribution < -0.4 is 4.68 Å². The first-order valence-electron chi connectivity index (χ1n) is 14.4. The van der Waals surface area contributed by atoms with Crippen molar-refractivity contribution in [3.63, 3.8) is 0 Å². The second kappa shape index (κ2) is 9.45. The maximum absolute atomic E-state index is 2.42. The van der Waals surface area contributed by atoms with Gasteiger partial charge in [-0.05, 0) is 83.8 Å². The molecule has 5 aromatic carbocycles. The van der Waals surface area contributed by atoms with E-state index >= 15 is 0 Å². The molecule has 1 aromatic heterocycles. The van der Waals surface area contributed by atoms with Gasteiger partial charge < -0.3 is 0 Å². The van der Waals surface area contributed by atoms with Crippen LogP contribution in [0.3, 0.4) is 0 Å². The van der Waals surface area contributed by atoms with Gasteiger partial charge in [-0.15, -0.1) is 9.36 Å². The number of fused-ring (bicyclic) bond motifs is 3. The Balaban J connectivity index is 1.48. The minimum Gasteiger partial charge on any atom is -0.120 e. The van der Waals surface area contributed by atoms with Gasteiger partial charge in [-0.25, -0.2) is 0 Å². The lowest BCUT2D eigenvalue weighted by atomic mass is 9.67. The third-order valence-corrected chi connectivity index (χ3v) is 8.94. The zero-order chi connectivity index (χ0) is 28.3. The summed E-state index contributed by atoms with van der Waals surface area (Å²) in [6.45, 7) is 8.87. The van der Waals surface area contributed by atoms with Crippen molar-refractivity contribution in [2.75, 3.05) is 0 Å². The summed E-state index contributed by atoms with van der Waals surface area (Å²) in [6, 6.07) is 42.8. The number of aryl methyl sites for hydroxylation is 5. The summed E-state index contributed by atoms with van der Waals surface area (Å²) < 4.78 is 4.55. The zero-order valence-electron chi connectivity index (χ0n) is 24.4. The van der Waals surface area contributed by atoms with Crippen molar-refractivity contribution >= 4 is 0 Å². The number of aromatic nitrogens is 2. The Labute approximate surface area is 243 Å². The van der Waals surface area contributed by atoms with Crippen LogP contribution in [0.2, 0.25) is 0 Å². The Morgan fingerprint density at radius 3 is 1.76 bits per heavy atom. The van der Waals surface area contributed by atoms with Crippen LogP contribution in [-0.4, -0.2) is 4.68 Å².